The van der Waals surface area contributed by atoms with Crippen molar-refractivity contribution < 1.29 is 14.1 Å². The molecule has 2 fully saturated rings. The minimum atomic E-state index is -0.0338. The number of hydrogen-bond acceptors (Lipinski definition) is 5. The SMILES string of the molecule is O=C(Cc1nc(C2CCCO2)no1)C1CC1. The van der Waals surface area contributed by atoms with Gasteiger partial charge in [0.1, 0.15) is 11.9 Å². The van der Waals surface area contributed by atoms with Gasteiger partial charge in [0, 0.05) is 12.5 Å². The molecule has 1 unspecified atom stereocenters. The second kappa shape index (κ2) is 3.97. The maximum atomic E-state index is 11.5. The zero-order chi connectivity index (χ0) is 11.0. The summed E-state index contributed by atoms with van der Waals surface area (Å²) in [5, 5.41) is 3.87. The quantitative estimate of drug-likeness (QED) is 0.771. The van der Waals surface area contributed by atoms with Crippen LogP contribution < -0.4 is 0 Å². The molecule has 2 heterocycles. The zero-order valence-electron chi connectivity index (χ0n) is 9.02. The van der Waals surface area contributed by atoms with Gasteiger partial charge < -0.3 is 9.26 Å². The predicted molar refractivity (Wildman–Crippen MR) is 53.7 cm³/mol. The molecule has 2 aliphatic rings. The number of ketones is 1. The van der Waals surface area contributed by atoms with E-state index >= 15 is 0 Å². The highest BCUT2D eigenvalue weighted by Crippen LogP contribution is 2.31. The Kier molecular flexibility index (Phi) is 2.47. The standard InChI is InChI=1S/C11H14N2O3/c14-8(7-3-4-7)6-10-12-11(13-16-10)9-2-1-5-15-9/h7,9H,1-6H2. The molecule has 0 spiro atoms. The zero-order valence-corrected chi connectivity index (χ0v) is 9.02. The van der Waals surface area contributed by atoms with Crippen LogP contribution in [0.1, 0.15) is 43.5 Å². The Labute approximate surface area is 93.2 Å². The average Bonchev–Trinajstić information content (AvgIpc) is 2.80. The number of hydrogen-bond donors (Lipinski definition) is 0. The third kappa shape index (κ3) is 2.00. The van der Waals surface area contributed by atoms with Gasteiger partial charge in [-0.3, -0.25) is 4.79 Å². The first-order valence-corrected chi connectivity index (χ1v) is 5.80. The van der Waals surface area contributed by atoms with Crippen LogP contribution in [0.2, 0.25) is 0 Å². The van der Waals surface area contributed by atoms with Gasteiger partial charge in [0.2, 0.25) is 11.7 Å². The molecule has 3 rings (SSSR count). The minimum absolute atomic E-state index is 0.0338. The number of rotatable bonds is 4. The molecule has 86 valence electrons. The first kappa shape index (κ1) is 9.96. The van der Waals surface area contributed by atoms with Crippen LogP contribution in [-0.4, -0.2) is 22.5 Å². The van der Waals surface area contributed by atoms with Gasteiger partial charge in [-0.2, -0.15) is 4.98 Å². The summed E-state index contributed by atoms with van der Waals surface area (Å²) in [5.74, 6) is 1.50. The van der Waals surface area contributed by atoms with Crippen LogP contribution in [0.5, 0.6) is 0 Å². The van der Waals surface area contributed by atoms with Gasteiger partial charge in [-0.15, -0.1) is 0 Å². The molecular weight excluding hydrogens is 208 g/mol. The van der Waals surface area contributed by atoms with Crippen LogP contribution in [0.3, 0.4) is 0 Å². The number of Topliss-reactive ketones (excluding diaryl/α,β-unsaturated/α-hetero) is 1. The number of nitrogens with zero attached hydrogens (tertiary/aromatic N) is 2. The van der Waals surface area contributed by atoms with Gasteiger partial charge in [-0.05, 0) is 25.7 Å². The van der Waals surface area contributed by atoms with Gasteiger partial charge in [-0.1, -0.05) is 5.16 Å². The summed E-state index contributed by atoms with van der Waals surface area (Å²) in [7, 11) is 0. The third-order valence-corrected chi connectivity index (χ3v) is 3.06. The van der Waals surface area contributed by atoms with Gasteiger partial charge in [0.15, 0.2) is 0 Å². The van der Waals surface area contributed by atoms with E-state index < -0.39 is 0 Å². The van der Waals surface area contributed by atoms with Crippen LogP contribution in [0, 0.1) is 5.92 Å². The topological polar surface area (TPSA) is 65.2 Å². The van der Waals surface area contributed by atoms with E-state index in [0.717, 1.165) is 32.3 Å². The van der Waals surface area contributed by atoms with Crippen molar-refractivity contribution in [2.45, 2.75) is 38.2 Å². The molecule has 0 radical (unpaired) electrons. The molecule has 1 aromatic heterocycles. The first-order chi connectivity index (χ1) is 7.83. The van der Waals surface area contributed by atoms with Crippen molar-refractivity contribution in [1.29, 1.82) is 0 Å². The van der Waals surface area contributed by atoms with Crippen molar-refractivity contribution in [1.82, 2.24) is 10.1 Å². The van der Waals surface area contributed by atoms with Gasteiger partial charge in [-0.25, -0.2) is 0 Å². The molecule has 0 amide bonds. The Morgan fingerprint density at radius 2 is 2.25 bits per heavy atom. The van der Waals surface area contributed by atoms with Crippen molar-refractivity contribution in [2.24, 2.45) is 5.92 Å². The van der Waals surface area contributed by atoms with Crippen molar-refractivity contribution in [3.8, 4) is 0 Å². The van der Waals surface area contributed by atoms with Gasteiger partial charge >= 0.3 is 0 Å². The van der Waals surface area contributed by atoms with E-state index in [-0.39, 0.29) is 24.2 Å². The first-order valence-electron chi connectivity index (χ1n) is 5.80. The van der Waals surface area contributed by atoms with Crippen LogP contribution in [0.25, 0.3) is 0 Å². The molecule has 1 aliphatic heterocycles. The molecule has 1 saturated carbocycles. The van der Waals surface area contributed by atoms with Crippen molar-refractivity contribution in [3.05, 3.63) is 11.7 Å². The van der Waals surface area contributed by atoms with Crippen molar-refractivity contribution >= 4 is 5.78 Å². The van der Waals surface area contributed by atoms with E-state index in [1.54, 1.807) is 0 Å². The molecular formula is C11H14N2O3. The lowest BCUT2D eigenvalue weighted by atomic mass is 10.2. The average molecular weight is 222 g/mol. The number of aromatic nitrogens is 2. The third-order valence-electron chi connectivity index (χ3n) is 3.06. The summed E-state index contributed by atoms with van der Waals surface area (Å²) in [4.78, 5) is 15.8. The van der Waals surface area contributed by atoms with E-state index in [1.165, 1.54) is 0 Å². The fourth-order valence-corrected chi connectivity index (χ4v) is 1.95. The lowest BCUT2D eigenvalue weighted by Gasteiger charge is -2.00. The predicted octanol–water partition coefficient (Wildman–Crippen LogP) is 1.44. The Hall–Kier alpha value is -1.23. The van der Waals surface area contributed by atoms with Gasteiger partial charge in [0.25, 0.3) is 0 Å². The number of ether oxygens (including phenoxy) is 1. The van der Waals surface area contributed by atoms with Crippen molar-refractivity contribution in [3.63, 3.8) is 0 Å². The van der Waals surface area contributed by atoms with Crippen molar-refractivity contribution in [2.75, 3.05) is 6.61 Å². The molecule has 0 bridgehead atoms. The van der Waals surface area contributed by atoms with E-state index in [9.17, 15) is 4.79 Å². The molecule has 16 heavy (non-hydrogen) atoms. The molecule has 5 heteroatoms. The normalized spacial score (nSPS) is 24.9. The number of carbonyl (C=O) groups is 1. The smallest absolute Gasteiger partial charge is 0.234 e. The summed E-state index contributed by atoms with van der Waals surface area (Å²) in [6.45, 7) is 0.759. The van der Waals surface area contributed by atoms with Crippen LogP contribution >= 0.6 is 0 Å². The highest BCUT2D eigenvalue weighted by Gasteiger charge is 2.31. The second-order valence-electron chi connectivity index (χ2n) is 4.47. The summed E-state index contributed by atoms with van der Waals surface area (Å²) >= 11 is 0. The Bertz CT molecular complexity index is 392. The summed E-state index contributed by atoms with van der Waals surface area (Å²) in [5.41, 5.74) is 0. The Morgan fingerprint density at radius 3 is 2.94 bits per heavy atom. The van der Waals surface area contributed by atoms with E-state index in [0.29, 0.717) is 11.7 Å². The van der Waals surface area contributed by atoms with E-state index in [4.69, 9.17) is 9.26 Å². The van der Waals surface area contributed by atoms with Crippen LogP contribution in [0.15, 0.2) is 4.52 Å². The molecule has 0 N–H and O–H groups in total. The fourth-order valence-electron chi connectivity index (χ4n) is 1.95. The summed E-state index contributed by atoms with van der Waals surface area (Å²) in [6.07, 6.45) is 4.26. The second-order valence-corrected chi connectivity index (χ2v) is 4.47. The molecule has 5 nitrogen and oxygen atoms in total. The number of carbonyl (C=O) groups excluding carboxylic acids is 1. The molecule has 1 atom stereocenters. The Balaban J connectivity index is 1.64. The van der Waals surface area contributed by atoms with Gasteiger partial charge in [0.05, 0.1) is 6.42 Å². The van der Waals surface area contributed by atoms with Crippen LogP contribution in [0.4, 0.5) is 0 Å². The minimum Gasteiger partial charge on any atom is -0.370 e. The highest BCUT2D eigenvalue weighted by molar-refractivity contribution is 5.84. The fraction of sp³-hybridized carbons (Fsp3) is 0.727. The summed E-state index contributed by atoms with van der Waals surface area (Å²) < 4.78 is 10.5. The molecule has 0 aromatic carbocycles. The Morgan fingerprint density at radius 1 is 1.38 bits per heavy atom. The highest BCUT2D eigenvalue weighted by atomic mass is 16.5. The maximum absolute atomic E-state index is 11.5. The lowest BCUT2D eigenvalue weighted by molar-refractivity contribution is -0.119. The lowest BCUT2D eigenvalue weighted by Crippen LogP contribution is -2.05. The summed E-state index contributed by atoms with van der Waals surface area (Å²) in [6, 6.07) is 0. The van der Waals surface area contributed by atoms with E-state index in [2.05, 4.69) is 10.1 Å². The monoisotopic (exact) mass is 222 g/mol. The largest absolute Gasteiger partial charge is 0.370 e. The maximum Gasteiger partial charge on any atom is 0.234 e. The molecule has 1 aliphatic carbocycles. The molecule has 1 saturated heterocycles. The van der Waals surface area contributed by atoms with E-state index in [1.807, 2.05) is 0 Å². The molecule has 1 aromatic rings. The van der Waals surface area contributed by atoms with Crippen LogP contribution in [-0.2, 0) is 16.0 Å².